The molecule has 2 nitrogen and oxygen atoms in total. The molecule has 0 saturated heterocycles. The maximum absolute atomic E-state index is 8.92. The molecule has 2 heteroatoms. The molecule has 1 aromatic rings. The average molecular weight is 235 g/mol. The molecule has 17 heavy (non-hydrogen) atoms. The summed E-state index contributed by atoms with van der Waals surface area (Å²) in [5.41, 5.74) is 4.02. The molecule has 1 aromatic carbocycles. The van der Waals surface area contributed by atoms with Gasteiger partial charge < -0.3 is 5.11 Å². The summed E-state index contributed by atoms with van der Waals surface area (Å²) in [4.78, 5) is 2.41. The highest BCUT2D eigenvalue weighted by molar-refractivity contribution is 5.28. The summed E-state index contributed by atoms with van der Waals surface area (Å²) in [5.74, 6) is 0. The van der Waals surface area contributed by atoms with E-state index >= 15 is 0 Å². The number of nitrogens with zero attached hydrogens (tertiary/aromatic N) is 1. The summed E-state index contributed by atoms with van der Waals surface area (Å²) in [7, 11) is 0. The first-order valence-corrected chi connectivity index (χ1v) is 6.45. The molecule has 0 radical (unpaired) electrons. The molecule has 1 N–H and O–H groups in total. The van der Waals surface area contributed by atoms with Crippen molar-refractivity contribution < 1.29 is 5.11 Å². The summed E-state index contributed by atoms with van der Waals surface area (Å²) >= 11 is 0. The van der Waals surface area contributed by atoms with E-state index in [0.717, 1.165) is 19.5 Å². The van der Waals surface area contributed by atoms with Crippen LogP contribution in [0.2, 0.25) is 0 Å². The third kappa shape index (κ3) is 4.88. The Morgan fingerprint density at radius 3 is 2.18 bits per heavy atom. The van der Waals surface area contributed by atoms with Crippen molar-refractivity contribution in [1.82, 2.24) is 4.90 Å². The maximum atomic E-state index is 8.92. The van der Waals surface area contributed by atoms with Gasteiger partial charge >= 0.3 is 0 Å². The Morgan fingerprint density at radius 2 is 1.71 bits per heavy atom. The third-order valence-corrected chi connectivity index (χ3v) is 3.00. The molecule has 0 amide bonds. The largest absolute Gasteiger partial charge is 0.396 e. The first-order valence-electron chi connectivity index (χ1n) is 6.45. The van der Waals surface area contributed by atoms with E-state index in [9.17, 15) is 0 Å². The number of aryl methyl sites for hydroxylation is 2. The van der Waals surface area contributed by atoms with E-state index < -0.39 is 0 Å². The molecule has 0 fully saturated rings. The zero-order valence-corrected chi connectivity index (χ0v) is 11.5. The molecule has 0 saturated carbocycles. The second-order valence-corrected chi connectivity index (χ2v) is 5.14. The van der Waals surface area contributed by atoms with Crippen molar-refractivity contribution >= 4 is 0 Å². The second-order valence-electron chi connectivity index (χ2n) is 5.14. The van der Waals surface area contributed by atoms with Crippen LogP contribution in [0.1, 0.15) is 37.0 Å². The van der Waals surface area contributed by atoms with Gasteiger partial charge in [0.2, 0.25) is 0 Å². The Labute approximate surface area is 105 Å². The number of aliphatic hydroxyl groups is 1. The Hall–Kier alpha value is -0.860. The predicted molar refractivity (Wildman–Crippen MR) is 73.2 cm³/mol. The van der Waals surface area contributed by atoms with Crippen LogP contribution in [0.4, 0.5) is 0 Å². The van der Waals surface area contributed by atoms with Gasteiger partial charge in [0.15, 0.2) is 0 Å². The van der Waals surface area contributed by atoms with Gasteiger partial charge in [-0.25, -0.2) is 0 Å². The summed E-state index contributed by atoms with van der Waals surface area (Å²) in [6.07, 6.45) is 0.850. The van der Waals surface area contributed by atoms with E-state index in [1.807, 2.05) is 0 Å². The van der Waals surface area contributed by atoms with Gasteiger partial charge in [-0.15, -0.1) is 0 Å². The molecule has 0 aliphatic carbocycles. The van der Waals surface area contributed by atoms with Crippen molar-refractivity contribution in [2.24, 2.45) is 0 Å². The molecule has 0 aromatic heterocycles. The Bertz CT molecular complexity index is 327. The summed E-state index contributed by atoms with van der Waals surface area (Å²) in [5, 5.41) is 8.92. The van der Waals surface area contributed by atoms with Gasteiger partial charge in [-0.1, -0.05) is 29.3 Å². The van der Waals surface area contributed by atoms with Crippen LogP contribution in [-0.4, -0.2) is 29.2 Å². The zero-order valence-electron chi connectivity index (χ0n) is 11.5. The number of benzene rings is 1. The Kier molecular flexibility index (Phi) is 5.66. The van der Waals surface area contributed by atoms with E-state index in [0.29, 0.717) is 6.04 Å². The van der Waals surface area contributed by atoms with E-state index in [1.165, 1.54) is 16.7 Å². The van der Waals surface area contributed by atoms with Gasteiger partial charge in [-0.2, -0.15) is 0 Å². The van der Waals surface area contributed by atoms with Crippen LogP contribution in [0.5, 0.6) is 0 Å². The molecule has 0 atom stereocenters. The van der Waals surface area contributed by atoms with Crippen molar-refractivity contribution in [3.05, 3.63) is 34.9 Å². The minimum Gasteiger partial charge on any atom is -0.396 e. The highest BCUT2D eigenvalue weighted by Crippen LogP contribution is 2.13. The van der Waals surface area contributed by atoms with Crippen LogP contribution in [-0.2, 0) is 6.54 Å². The van der Waals surface area contributed by atoms with Gasteiger partial charge in [-0.3, -0.25) is 4.90 Å². The molecule has 0 aliphatic heterocycles. The summed E-state index contributed by atoms with van der Waals surface area (Å²) in [6, 6.07) is 7.22. The highest BCUT2D eigenvalue weighted by Gasteiger charge is 2.09. The molecule has 0 bridgehead atoms. The fraction of sp³-hybridized carbons (Fsp3) is 0.600. The minimum absolute atomic E-state index is 0.274. The SMILES string of the molecule is Cc1cc(C)cc(CN(CCCO)C(C)C)c1. The normalized spacial score (nSPS) is 11.5. The monoisotopic (exact) mass is 235 g/mol. The first kappa shape index (κ1) is 14.2. The fourth-order valence-corrected chi connectivity index (χ4v) is 2.19. The van der Waals surface area contributed by atoms with Gasteiger partial charge in [0.25, 0.3) is 0 Å². The van der Waals surface area contributed by atoms with E-state index in [2.05, 4.69) is 50.8 Å². The van der Waals surface area contributed by atoms with Gasteiger partial charge in [0.05, 0.1) is 0 Å². The maximum Gasteiger partial charge on any atom is 0.0443 e. The van der Waals surface area contributed by atoms with Crippen LogP contribution in [0.3, 0.4) is 0 Å². The quantitative estimate of drug-likeness (QED) is 0.819. The number of hydrogen-bond acceptors (Lipinski definition) is 2. The van der Waals surface area contributed by atoms with Gasteiger partial charge in [0.1, 0.15) is 0 Å². The lowest BCUT2D eigenvalue weighted by Gasteiger charge is -2.26. The van der Waals surface area contributed by atoms with Crippen LogP contribution < -0.4 is 0 Å². The topological polar surface area (TPSA) is 23.5 Å². The van der Waals surface area contributed by atoms with Gasteiger partial charge in [0, 0.05) is 25.7 Å². The third-order valence-electron chi connectivity index (χ3n) is 3.00. The average Bonchev–Trinajstić information content (AvgIpc) is 2.22. The smallest absolute Gasteiger partial charge is 0.0443 e. The van der Waals surface area contributed by atoms with E-state index in [4.69, 9.17) is 5.11 Å². The van der Waals surface area contributed by atoms with Crippen LogP contribution in [0, 0.1) is 13.8 Å². The first-order chi connectivity index (χ1) is 8.02. The van der Waals surface area contributed by atoms with Crippen LogP contribution in [0.15, 0.2) is 18.2 Å². The second kappa shape index (κ2) is 6.77. The van der Waals surface area contributed by atoms with E-state index in [1.54, 1.807) is 0 Å². The standard InChI is InChI=1S/C15H25NO/c1-12(2)16(6-5-7-17)11-15-9-13(3)8-14(4)10-15/h8-10,12,17H,5-7,11H2,1-4H3. The van der Waals surface area contributed by atoms with Crippen LogP contribution in [0.25, 0.3) is 0 Å². The van der Waals surface area contributed by atoms with E-state index in [-0.39, 0.29) is 6.61 Å². The molecule has 1 rings (SSSR count). The summed E-state index contributed by atoms with van der Waals surface area (Å²) < 4.78 is 0. The minimum atomic E-state index is 0.274. The molecule has 96 valence electrons. The molecule has 0 aliphatic rings. The summed E-state index contributed by atoms with van der Waals surface area (Å²) in [6.45, 7) is 10.9. The predicted octanol–water partition coefficient (Wildman–Crippen LogP) is 2.90. The van der Waals surface area contributed by atoms with Crippen LogP contribution >= 0.6 is 0 Å². The molecular weight excluding hydrogens is 210 g/mol. The number of rotatable bonds is 6. The van der Waals surface area contributed by atoms with Crippen molar-refractivity contribution in [3.63, 3.8) is 0 Å². The molecule has 0 heterocycles. The molecule has 0 spiro atoms. The van der Waals surface area contributed by atoms with Crippen molar-refractivity contribution in [1.29, 1.82) is 0 Å². The fourth-order valence-electron chi connectivity index (χ4n) is 2.19. The molecule has 0 unspecified atom stereocenters. The molecular formula is C15H25NO. The lowest BCUT2D eigenvalue weighted by molar-refractivity contribution is 0.185. The lowest BCUT2D eigenvalue weighted by atomic mass is 10.1. The zero-order chi connectivity index (χ0) is 12.8. The Balaban J connectivity index is 2.71. The van der Waals surface area contributed by atoms with Crippen molar-refractivity contribution in [2.45, 2.75) is 46.7 Å². The highest BCUT2D eigenvalue weighted by atomic mass is 16.3. The van der Waals surface area contributed by atoms with Crippen molar-refractivity contribution in [2.75, 3.05) is 13.2 Å². The number of aliphatic hydroxyl groups excluding tert-OH is 1. The lowest BCUT2D eigenvalue weighted by Crippen LogP contribution is -2.31. The number of hydrogen-bond donors (Lipinski definition) is 1. The van der Waals surface area contributed by atoms with Gasteiger partial charge in [-0.05, 0) is 39.7 Å². The Morgan fingerprint density at radius 1 is 1.12 bits per heavy atom. The van der Waals surface area contributed by atoms with Crippen molar-refractivity contribution in [3.8, 4) is 0 Å².